The second-order valence-electron chi connectivity index (χ2n) is 8.62. The number of fused-ring (bicyclic) bond motifs is 3. The van der Waals surface area contributed by atoms with E-state index < -0.39 is 15.8 Å². The van der Waals surface area contributed by atoms with Crippen LogP contribution in [-0.4, -0.2) is 49.6 Å². The Kier molecular flexibility index (Phi) is 5.01. The average molecular weight is 445 g/mol. The zero-order chi connectivity index (χ0) is 21.8. The molecule has 1 N–H and O–H groups in total. The number of sulfonamides is 1. The number of nitrogens with zero attached hydrogens (tertiary/aromatic N) is 2. The van der Waals surface area contributed by atoms with Gasteiger partial charge in [0, 0.05) is 11.8 Å². The molecule has 3 aliphatic rings. The topological polar surface area (TPSA) is 77.9 Å². The minimum atomic E-state index is -3.94. The lowest BCUT2D eigenvalue weighted by Gasteiger charge is -2.59. The third-order valence-electron chi connectivity index (χ3n) is 7.01. The summed E-state index contributed by atoms with van der Waals surface area (Å²) in [5, 5.41) is 10.1. The molecule has 1 saturated carbocycles. The van der Waals surface area contributed by atoms with Crippen molar-refractivity contribution in [3.05, 3.63) is 59.9 Å². The Morgan fingerprint density at radius 3 is 2.42 bits per heavy atom. The fourth-order valence-corrected chi connectivity index (χ4v) is 7.01. The van der Waals surface area contributed by atoms with Gasteiger partial charge in [0.25, 0.3) is 10.0 Å². The first kappa shape index (κ1) is 20.5. The van der Waals surface area contributed by atoms with Crippen LogP contribution in [0.25, 0.3) is 0 Å². The molecule has 6 nitrogen and oxygen atoms in total. The maximum absolute atomic E-state index is 13.5. The zero-order valence-electron chi connectivity index (χ0n) is 17.0. The molecule has 0 bridgehead atoms. The van der Waals surface area contributed by atoms with E-state index in [1.54, 1.807) is 17.0 Å². The lowest BCUT2D eigenvalue weighted by atomic mass is 9.72. The predicted octanol–water partition coefficient (Wildman–Crippen LogP) is 2.88. The lowest BCUT2D eigenvalue weighted by molar-refractivity contribution is -0.154. The maximum atomic E-state index is 13.5. The van der Waals surface area contributed by atoms with Crippen molar-refractivity contribution in [3.8, 4) is 0 Å². The number of carbonyl (C=O) groups is 1. The fraction of sp³-hybridized carbons (Fsp3) is 0.435. The van der Waals surface area contributed by atoms with E-state index >= 15 is 0 Å². The summed E-state index contributed by atoms with van der Waals surface area (Å²) in [6.07, 6.45) is 3.74. The Hall–Kier alpha value is -2.45. The Balaban J connectivity index is 1.55. The molecule has 2 heterocycles. The van der Waals surface area contributed by atoms with Gasteiger partial charge in [0.1, 0.15) is 5.82 Å². The van der Waals surface area contributed by atoms with E-state index in [1.165, 1.54) is 16.4 Å². The first-order chi connectivity index (χ1) is 14.9. The van der Waals surface area contributed by atoms with Crippen LogP contribution < -0.4 is 4.31 Å². The van der Waals surface area contributed by atoms with E-state index in [-0.39, 0.29) is 47.9 Å². The summed E-state index contributed by atoms with van der Waals surface area (Å²) in [6.45, 7) is -0.0327. The summed E-state index contributed by atoms with van der Waals surface area (Å²) in [4.78, 5) is 15.0. The van der Waals surface area contributed by atoms with Crippen molar-refractivity contribution in [2.24, 2.45) is 5.92 Å². The van der Waals surface area contributed by atoms with Crippen LogP contribution in [-0.2, 0) is 14.8 Å². The third kappa shape index (κ3) is 3.15. The van der Waals surface area contributed by atoms with Gasteiger partial charge in [-0.25, -0.2) is 12.8 Å². The molecular formula is C23H25FN2O4S. The quantitative estimate of drug-likeness (QED) is 0.787. The molecule has 31 heavy (non-hydrogen) atoms. The van der Waals surface area contributed by atoms with Gasteiger partial charge in [-0.2, -0.15) is 0 Å². The Morgan fingerprint density at radius 1 is 1.06 bits per heavy atom. The van der Waals surface area contributed by atoms with E-state index in [0.29, 0.717) is 5.69 Å². The van der Waals surface area contributed by atoms with Gasteiger partial charge in [-0.1, -0.05) is 31.0 Å². The first-order valence-corrected chi connectivity index (χ1v) is 12.2. The fourth-order valence-electron chi connectivity index (χ4n) is 5.50. The standard InChI is InChI=1S/C23H25FN2O4S/c24-16-9-11-17(12-10-16)31(29,30)25-13-20-22(18-7-3-4-8-19(18)25)21(14-27)26(20)23(28)15-5-1-2-6-15/h3-4,7-12,15,20-22,27H,1-2,5-6,13-14H2/t20-,21-,22+/m0/s1. The minimum absolute atomic E-state index is 0.00820. The van der Waals surface area contributed by atoms with Gasteiger partial charge < -0.3 is 10.0 Å². The number of halogens is 1. The van der Waals surface area contributed by atoms with Crippen molar-refractivity contribution < 1.29 is 22.7 Å². The Morgan fingerprint density at radius 2 is 1.74 bits per heavy atom. The summed E-state index contributed by atoms with van der Waals surface area (Å²) in [5.74, 6) is -0.631. The molecule has 164 valence electrons. The molecule has 0 spiro atoms. The van der Waals surface area contributed by atoms with E-state index in [4.69, 9.17) is 0 Å². The van der Waals surface area contributed by atoms with E-state index in [1.807, 2.05) is 12.1 Å². The van der Waals surface area contributed by atoms with Crippen LogP contribution in [0.2, 0.25) is 0 Å². The molecule has 2 aromatic rings. The minimum Gasteiger partial charge on any atom is -0.394 e. The van der Waals surface area contributed by atoms with Crippen LogP contribution in [0.4, 0.5) is 10.1 Å². The summed E-state index contributed by atoms with van der Waals surface area (Å²) >= 11 is 0. The Labute approximate surface area is 181 Å². The molecule has 0 radical (unpaired) electrons. The number of rotatable bonds is 4. The van der Waals surface area contributed by atoms with Gasteiger partial charge >= 0.3 is 0 Å². The SMILES string of the molecule is O=C(C1CCCC1)N1[C@@H](CO)[C@@H]2c3ccccc3N(S(=O)(=O)c3ccc(F)cc3)C[C@@H]21. The number of likely N-dealkylation sites (tertiary alicyclic amines) is 1. The number of para-hydroxylation sites is 1. The number of aliphatic hydroxyl groups excluding tert-OH is 1. The van der Waals surface area contributed by atoms with Gasteiger partial charge in [-0.3, -0.25) is 9.10 Å². The van der Waals surface area contributed by atoms with Gasteiger partial charge in [-0.15, -0.1) is 0 Å². The lowest BCUT2D eigenvalue weighted by Crippen LogP contribution is -2.71. The number of hydrogen-bond acceptors (Lipinski definition) is 4. The highest BCUT2D eigenvalue weighted by Gasteiger charge is 2.56. The van der Waals surface area contributed by atoms with E-state index in [9.17, 15) is 22.7 Å². The second-order valence-corrected chi connectivity index (χ2v) is 10.5. The van der Waals surface area contributed by atoms with Crippen LogP contribution in [0.3, 0.4) is 0 Å². The van der Waals surface area contributed by atoms with Crippen molar-refractivity contribution in [1.82, 2.24) is 4.90 Å². The van der Waals surface area contributed by atoms with Crippen molar-refractivity contribution in [2.45, 2.75) is 48.6 Å². The molecule has 8 heteroatoms. The second kappa shape index (κ2) is 7.60. The smallest absolute Gasteiger partial charge is 0.264 e. The van der Waals surface area contributed by atoms with Crippen LogP contribution in [0, 0.1) is 11.7 Å². The van der Waals surface area contributed by atoms with Crippen LogP contribution in [0.15, 0.2) is 53.4 Å². The highest BCUT2D eigenvalue weighted by molar-refractivity contribution is 7.92. The summed E-state index contributed by atoms with van der Waals surface area (Å²) in [5.41, 5.74) is 1.37. The average Bonchev–Trinajstić information content (AvgIpc) is 3.29. The van der Waals surface area contributed by atoms with Crippen molar-refractivity contribution >= 4 is 21.6 Å². The van der Waals surface area contributed by atoms with Gasteiger partial charge in [0.15, 0.2) is 0 Å². The Bertz CT molecular complexity index is 1100. The van der Waals surface area contributed by atoms with Crippen LogP contribution >= 0.6 is 0 Å². The molecule has 0 aromatic heterocycles. The third-order valence-corrected chi connectivity index (χ3v) is 8.80. The first-order valence-electron chi connectivity index (χ1n) is 10.7. The molecule has 0 unspecified atom stereocenters. The van der Waals surface area contributed by atoms with Crippen LogP contribution in [0.5, 0.6) is 0 Å². The monoisotopic (exact) mass is 444 g/mol. The summed E-state index contributed by atoms with van der Waals surface area (Å²) in [6, 6.07) is 11.4. The van der Waals surface area contributed by atoms with Gasteiger partial charge in [-0.05, 0) is 48.7 Å². The molecule has 5 rings (SSSR count). The molecule has 2 aromatic carbocycles. The number of amides is 1. The summed E-state index contributed by atoms with van der Waals surface area (Å²) < 4.78 is 41.6. The number of anilines is 1. The van der Waals surface area contributed by atoms with Crippen LogP contribution in [0.1, 0.15) is 37.2 Å². The molecule has 3 atom stereocenters. The largest absolute Gasteiger partial charge is 0.394 e. The molecule has 2 aliphatic heterocycles. The number of benzene rings is 2. The molecular weight excluding hydrogens is 419 g/mol. The van der Waals surface area contributed by atoms with Crippen molar-refractivity contribution in [3.63, 3.8) is 0 Å². The normalized spacial score (nSPS) is 25.7. The molecule has 1 saturated heterocycles. The van der Waals surface area contributed by atoms with E-state index in [2.05, 4.69) is 0 Å². The predicted molar refractivity (Wildman–Crippen MR) is 114 cm³/mol. The summed E-state index contributed by atoms with van der Waals surface area (Å²) in [7, 11) is -3.94. The zero-order valence-corrected chi connectivity index (χ0v) is 17.8. The number of aliphatic hydroxyl groups is 1. The number of carbonyl (C=O) groups excluding carboxylic acids is 1. The van der Waals surface area contributed by atoms with Crippen molar-refractivity contribution in [2.75, 3.05) is 17.5 Å². The van der Waals surface area contributed by atoms with Crippen molar-refractivity contribution in [1.29, 1.82) is 0 Å². The molecule has 2 fully saturated rings. The molecule has 1 amide bonds. The van der Waals surface area contributed by atoms with E-state index in [0.717, 1.165) is 43.4 Å². The maximum Gasteiger partial charge on any atom is 0.264 e. The highest BCUT2D eigenvalue weighted by Crippen LogP contribution is 2.50. The number of hydrogen-bond donors (Lipinski definition) is 1. The molecule has 1 aliphatic carbocycles. The van der Waals surface area contributed by atoms with Gasteiger partial charge in [0.05, 0.1) is 35.8 Å². The van der Waals surface area contributed by atoms with Gasteiger partial charge in [0.2, 0.25) is 5.91 Å². The highest BCUT2D eigenvalue weighted by atomic mass is 32.2.